The van der Waals surface area contributed by atoms with Gasteiger partial charge in [0.25, 0.3) is 0 Å². The number of nitrogens with two attached hydrogens (primary N) is 2. The first-order valence-corrected chi connectivity index (χ1v) is 9.13. The van der Waals surface area contributed by atoms with Crippen molar-refractivity contribution >= 4 is 28.4 Å². The van der Waals surface area contributed by atoms with Gasteiger partial charge in [-0.25, -0.2) is 9.97 Å². The summed E-state index contributed by atoms with van der Waals surface area (Å²) in [6.45, 7) is 4.87. The maximum absolute atomic E-state index is 6.07. The quantitative estimate of drug-likeness (QED) is 0.324. The third-order valence-corrected chi connectivity index (χ3v) is 4.86. The number of nitrogen functional groups attached to an aromatic ring is 2. The van der Waals surface area contributed by atoms with Gasteiger partial charge in [0.15, 0.2) is 5.82 Å². The van der Waals surface area contributed by atoms with Gasteiger partial charge in [0.05, 0.1) is 22.3 Å². The number of hydrogen-bond acceptors (Lipinski definition) is 7. The molecule has 9 heteroatoms. The molecule has 7 N–H and O–H groups in total. The molecule has 3 heterocycles. The lowest BCUT2D eigenvalue weighted by atomic mass is 10.1. The molecule has 0 unspecified atom stereocenters. The summed E-state index contributed by atoms with van der Waals surface area (Å²) in [4.78, 5) is 8.27. The number of aromatic nitrogens is 6. The monoisotopic (exact) mass is 377 g/mol. The Morgan fingerprint density at radius 1 is 1.11 bits per heavy atom. The van der Waals surface area contributed by atoms with Gasteiger partial charge in [0.1, 0.15) is 0 Å². The van der Waals surface area contributed by atoms with Crippen LogP contribution in [0.25, 0.3) is 22.2 Å². The summed E-state index contributed by atoms with van der Waals surface area (Å²) in [6.07, 6.45) is 3.56. The highest BCUT2D eigenvalue weighted by Gasteiger charge is 2.13. The number of hydrogen-bond donors (Lipinski definition) is 5. The first-order chi connectivity index (χ1) is 13.5. The predicted molar refractivity (Wildman–Crippen MR) is 111 cm³/mol. The van der Waals surface area contributed by atoms with E-state index in [4.69, 9.17) is 11.5 Å². The molecule has 9 nitrogen and oxygen atoms in total. The van der Waals surface area contributed by atoms with E-state index in [-0.39, 0.29) is 5.95 Å². The standard InChI is InChI=1S/C19H23N9/c1-10-13(11(2)26-25-10)4-3-6-22-15-8-12(14-5-7-23-19(21)24-14)9-16-17(15)18(20)28-27-16/h5,7-9,22H,3-4,6H2,1-2H3,(H,25,26)(H3,20,27,28)(H2,21,23,24). The van der Waals surface area contributed by atoms with Crippen molar-refractivity contribution in [2.75, 3.05) is 23.3 Å². The number of H-pyrrole nitrogens is 2. The fourth-order valence-corrected chi connectivity index (χ4v) is 3.44. The lowest BCUT2D eigenvalue weighted by molar-refractivity contribution is 0.853. The third-order valence-electron chi connectivity index (χ3n) is 4.86. The molecule has 0 aliphatic rings. The Kier molecular flexibility index (Phi) is 4.56. The first kappa shape index (κ1) is 17.8. The molecule has 0 saturated heterocycles. The third kappa shape index (κ3) is 3.34. The van der Waals surface area contributed by atoms with Gasteiger partial charge in [-0.2, -0.15) is 10.2 Å². The van der Waals surface area contributed by atoms with E-state index in [0.717, 1.165) is 58.6 Å². The fourth-order valence-electron chi connectivity index (χ4n) is 3.44. The molecule has 0 spiro atoms. The number of anilines is 3. The molecular formula is C19H23N9. The Morgan fingerprint density at radius 3 is 2.71 bits per heavy atom. The number of benzene rings is 1. The van der Waals surface area contributed by atoms with Crippen LogP contribution in [0, 0.1) is 13.8 Å². The summed E-state index contributed by atoms with van der Waals surface area (Å²) in [5.41, 5.74) is 18.7. The van der Waals surface area contributed by atoms with Gasteiger partial charge in [0.2, 0.25) is 5.95 Å². The molecule has 144 valence electrons. The molecule has 0 atom stereocenters. The molecule has 28 heavy (non-hydrogen) atoms. The van der Waals surface area contributed by atoms with Crippen molar-refractivity contribution in [3.63, 3.8) is 0 Å². The Bertz CT molecular complexity index is 1110. The number of nitrogens with one attached hydrogen (secondary N) is 3. The van der Waals surface area contributed by atoms with Crippen LogP contribution in [0.15, 0.2) is 24.4 Å². The second-order valence-electron chi connectivity index (χ2n) is 6.80. The van der Waals surface area contributed by atoms with Crippen molar-refractivity contribution in [3.05, 3.63) is 41.3 Å². The molecular weight excluding hydrogens is 354 g/mol. The summed E-state index contributed by atoms with van der Waals surface area (Å²) in [6, 6.07) is 5.81. The van der Waals surface area contributed by atoms with E-state index >= 15 is 0 Å². The van der Waals surface area contributed by atoms with Gasteiger partial charge < -0.3 is 16.8 Å². The predicted octanol–water partition coefficient (Wildman–Crippen LogP) is 2.57. The van der Waals surface area contributed by atoms with Crippen molar-refractivity contribution in [3.8, 4) is 11.3 Å². The average molecular weight is 377 g/mol. The zero-order valence-corrected chi connectivity index (χ0v) is 15.9. The molecule has 0 saturated carbocycles. The minimum atomic E-state index is 0.238. The Morgan fingerprint density at radius 2 is 1.96 bits per heavy atom. The van der Waals surface area contributed by atoms with Gasteiger partial charge in [-0.05, 0) is 50.5 Å². The van der Waals surface area contributed by atoms with E-state index in [0.29, 0.717) is 5.82 Å². The fraction of sp³-hybridized carbons (Fsp3) is 0.263. The number of nitrogens with zero attached hydrogens (tertiary/aromatic N) is 4. The van der Waals surface area contributed by atoms with Crippen molar-refractivity contribution in [1.29, 1.82) is 0 Å². The minimum absolute atomic E-state index is 0.238. The van der Waals surface area contributed by atoms with Crippen molar-refractivity contribution in [1.82, 2.24) is 30.4 Å². The summed E-state index contributed by atoms with van der Waals surface area (Å²) in [7, 11) is 0. The molecule has 4 rings (SSSR count). The number of aryl methyl sites for hydroxylation is 2. The van der Waals surface area contributed by atoms with Crippen LogP contribution in [0.5, 0.6) is 0 Å². The van der Waals surface area contributed by atoms with Crippen molar-refractivity contribution < 1.29 is 0 Å². The zero-order valence-electron chi connectivity index (χ0n) is 15.9. The Balaban J connectivity index is 1.57. The van der Waals surface area contributed by atoms with Crippen LogP contribution >= 0.6 is 0 Å². The molecule has 4 aromatic rings. The summed E-state index contributed by atoms with van der Waals surface area (Å²) in [5, 5.41) is 18.8. The van der Waals surface area contributed by atoms with Gasteiger partial charge in [0, 0.05) is 29.7 Å². The molecule has 0 bridgehead atoms. The second kappa shape index (κ2) is 7.18. The zero-order chi connectivity index (χ0) is 19.7. The lowest BCUT2D eigenvalue weighted by Crippen LogP contribution is -2.05. The summed E-state index contributed by atoms with van der Waals surface area (Å²) < 4.78 is 0. The molecule has 1 aromatic carbocycles. The van der Waals surface area contributed by atoms with Crippen LogP contribution in [-0.4, -0.2) is 36.9 Å². The maximum Gasteiger partial charge on any atom is 0.220 e. The van der Waals surface area contributed by atoms with Crippen molar-refractivity contribution in [2.45, 2.75) is 26.7 Å². The SMILES string of the molecule is Cc1n[nH]c(C)c1CCCNc1cc(-c2ccnc(N)n2)cc2[nH]nc(N)c12. The van der Waals surface area contributed by atoms with Gasteiger partial charge in [-0.3, -0.25) is 10.2 Å². The molecule has 0 amide bonds. The van der Waals surface area contributed by atoms with E-state index in [9.17, 15) is 0 Å². The molecule has 0 fully saturated rings. The molecule has 0 aliphatic carbocycles. The normalized spacial score (nSPS) is 11.2. The van der Waals surface area contributed by atoms with Crippen LogP contribution in [0.2, 0.25) is 0 Å². The summed E-state index contributed by atoms with van der Waals surface area (Å²) in [5.74, 6) is 0.704. The van der Waals surface area contributed by atoms with Crippen LogP contribution in [-0.2, 0) is 6.42 Å². The van der Waals surface area contributed by atoms with Crippen LogP contribution < -0.4 is 16.8 Å². The van der Waals surface area contributed by atoms with Crippen LogP contribution in [0.1, 0.15) is 23.4 Å². The first-order valence-electron chi connectivity index (χ1n) is 9.13. The maximum atomic E-state index is 6.07. The lowest BCUT2D eigenvalue weighted by Gasteiger charge is -2.11. The average Bonchev–Trinajstić information content (AvgIpc) is 3.21. The van der Waals surface area contributed by atoms with E-state index in [2.05, 4.69) is 42.6 Å². The van der Waals surface area contributed by atoms with Gasteiger partial charge in [-0.15, -0.1) is 0 Å². The minimum Gasteiger partial charge on any atom is -0.384 e. The van der Waals surface area contributed by atoms with E-state index in [1.165, 1.54) is 5.56 Å². The van der Waals surface area contributed by atoms with Gasteiger partial charge in [-0.1, -0.05) is 0 Å². The van der Waals surface area contributed by atoms with Gasteiger partial charge >= 0.3 is 0 Å². The largest absolute Gasteiger partial charge is 0.384 e. The van der Waals surface area contributed by atoms with Crippen LogP contribution in [0.3, 0.4) is 0 Å². The smallest absolute Gasteiger partial charge is 0.220 e. The van der Waals surface area contributed by atoms with Crippen LogP contribution in [0.4, 0.5) is 17.5 Å². The van der Waals surface area contributed by atoms with E-state index in [1.54, 1.807) is 6.20 Å². The highest BCUT2D eigenvalue weighted by Crippen LogP contribution is 2.32. The number of rotatable bonds is 6. The second-order valence-corrected chi connectivity index (χ2v) is 6.80. The molecule has 0 aliphatic heterocycles. The highest BCUT2D eigenvalue weighted by atomic mass is 15.2. The Hall–Kier alpha value is -3.62. The highest BCUT2D eigenvalue weighted by molar-refractivity contribution is 6.02. The topological polar surface area (TPSA) is 147 Å². The number of aromatic amines is 2. The molecule has 0 radical (unpaired) electrons. The van der Waals surface area contributed by atoms with E-state index < -0.39 is 0 Å². The summed E-state index contributed by atoms with van der Waals surface area (Å²) >= 11 is 0. The van der Waals surface area contributed by atoms with E-state index in [1.807, 2.05) is 25.1 Å². The molecule has 3 aromatic heterocycles. The number of fused-ring (bicyclic) bond motifs is 1. The Labute approximate surface area is 162 Å². The van der Waals surface area contributed by atoms with Crippen molar-refractivity contribution in [2.24, 2.45) is 0 Å².